The van der Waals surface area contributed by atoms with Crippen LogP contribution in [0.3, 0.4) is 0 Å². The number of rotatable bonds is 8. The highest BCUT2D eigenvalue weighted by molar-refractivity contribution is 5.97. The quantitative estimate of drug-likeness (QED) is 0.174. The Morgan fingerprint density at radius 2 is 1.81 bits per heavy atom. The van der Waals surface area contributed by atoms with Crippen molar-refractivity contribution in [2.24, 2.45) is 0 Å². The third kappa shape index (κ3) is 5.99. The predicted octanol–water partition coefficient (Wildman–Crippen LogP) is 5.54. The molecule has 1 amide bonds. The van der Waals surface area contributed by atoms with E-state index in [0.717, 1.165) is 23.7 Å². The van der Waals surface area contributed by atoms with Crippen LogP contribution in [0.25, 0.3) is 28.3 Å². The minimum Gasteiger partial charge on any atom is -0.449 e. The molecule has 0 N–H and O–H groups in total. The van der Waals surface area contributed by atoms with Crippen LogP contribution in [-0.2, 0) is 11.2 Å². The first-order valence-corrected chi connectivity index (χ1v) is 14.1. The lowest BCUT2D eigenvalue weighted by Crippen LogP contribution is -2.39. The first kappa shape index (κ1) is 28.1. The lowest BCUT2D eigenvalue weighted by atomic mass is 10.0. The van der Waals surface area contributed by atoms with Gasteiger partial charge in [-0.2, -0.15) is 9.49 Å². The molecule has 10 nitrogen and oxygen atoms in total. The highest BCUT2D eigenvalue weighted by Gasteiger charge is 2.28. The van der Waals surface area contributed by atoms with E-state index in [9.17, 15) is 18.4 Å². The number of pyridine rings is 1. The smallest absolute Gasteiger partial charge is 0.409 e. The van der Waals surface area contributed by atoms with Gasteiger partial charge >= 0.3 is 6.09 Å². The number of carbonyl (C=O) groups is 2. The molecule has 1 aliphatic heterocycles. The average Bonchev–Trinajstić information content (AvgIpc) is 3.64. The average molecular weight is 586 g/mol. The number of ketones is 1. The molecule has 5 aromatic rings. The summed E-state index contributed by atoms with van der Waals surface area (Å²) in [6.45, 7) is 3.44. The summed E-state index contributed by atoms with van der Waals surface area (Å²) in [5.74, 6) is -1.35. The van der Waals surface area contributed by atoms with Gasteiger partial charge in [0.2, 0.25) is 5.95 Å². The zero-order chi connectivity index (χ0) is 29.9. The van der Waals surface area contributed by atoms with Crippen molar-refractivity contribution in [1.29, 1.82) is 0 Å². The number of aromatic nitrogens is 6. The van der Waals surface area contributed by atoms with E-state index in [-0.39, 0.29) is 35.7 Å². The summed E-state index contributed by atoms with van der Waals surface area (Å²) in [5, 5.41) is 4.82. The van der Waals surface area contributed by atoms with Crippen LogP contribution < -0.4 is 0 Å². The molecule has 4 aromatic heterocycles. The molecular formula is C31H29F2N7O3. The first-order chi connectivity index (χ1) is 20.9. The molecule has 1 aliphatic rings. The van der Waals surface area contributed by atoms with Gasteiger partial charge in [0.1, 0.15) is 11.5 Å². The van der Waals surface area contributed by atoms with Crippen LogP contribution in [0.2, 0.25) is 0 Å². The van der Waals surface area contributed by atoms with Gasteiger partial charge in [0.05, 0.1) is 42.6 Å². The summed E-state index contributed by atoms with van der Waals surface area (Å²) >= 11 is 0. The Bertz CT molecular complexity index is 1780. The lowest BCUT2D eigenvalue weighted by molar-refractivity contribution is 0.0886. The second-order valence-electron chi connectivity index (χ2n) is 10.4. The summed E-state index contributed by atoms with van der Waals surface area (Å²) < 4.78 is 36.3. The van der Waals surface area contributed by atoms with E-state index in [1.54, 1.807) is 40.1 Å². The fourth-order valence-electron chi connectivity index (χ4n) is 5.30. The van der Waals surface area contributed by atoms with E-state index in [0.29, 0.717) is 55.3 Å². The van der Waals surface area contributed by atoms with Crippen LogP contribution in [0.5, 0.6) is 0 Å². The number of amides is 1. The molecule has 0 bridgehead atoms. The number of hydrogen-bond acceptors (Lipinski definition) is 7. The van der Waals surface area contributed by atoms with Crippen molar-refractivity contribution in [3.05, 3.63) is 90.3 Å². The molecule has 12 heteroatoms. The second-order valence-corrected chi connectivity index (χ2v) is 10.4. The monoisotopic (exact) mass is 585 g/mol. The van der Waals surface area contributed by atoms with Crippen molar-refractivity contribution in [3.63, 3.8) is 0 Å². The van der Waals surface area contributed by atoms with Gasteiger partial charge in [0, 0.05) is 42.5 Å². The molecule has 5 heterocycles. The van der Waals surface area contributed by atoms with Crippen molar-refractivity contribution in [3.8, 4) is 22.6 Å². The molecule has 1 fully saturated rings. The molecular weight excluding hydrogens is 556 g/mol. The zero-order valence-corrected chi connectivity index (χ0v) is 23.5. The van der Waals surface area contributed by atoms with Crippen LogP contribution in [0, 0.1) is 11.8 Å². The number of likely N-dealkylation sites (tertiary alicyclic amines) is 1. The minimum atomic E-state index is -0.720. The molecule has 0 radical (unpaired) electrons. The fourth-order valence-corrected chi connectivity index (χ4v) is 5.30. The number of hydrogen-bond donors (Lipinski definition) is 0. The van der Waals surface area contributed by atoms with Crippen LogP contribution in [0.1, 0.15) is 48.3 Å². The number of benzene rings is 1. The van der Waals surface area contributed by atoms with Crippen molar-refractivity contribution in [1.82, 2.24) is 34.0 Å². The number of piperidine rings is 1. The van der Waals surface area contributed by atoms with Gasteiger partial charge in [-0.25, -0.2) is 28.7 Å². The largest absolute Gasteiger partial charge is 0.449 e. The number of Topliss-reactive ketones (excluding diaryl/α,β-unsaturated/α-hetero) is 1. The maximum absolute atomic E-state index is 13.8. The molecule has 43 heavy (non-hydrogen) atoms. The number of fused-ring (bicyclic) bond motifs is 1. The third-order valence-electron chi connectivity index (χ3n) is 7.46. The number of ether oxygens (including phenoxy) is 1. The zero-order valence-electron chi connectivity index (χ0n) is 23.5. The van der Waals surface area contributed by atoms with Gasteiger partial charge in [-0.1, -0.05) is 6.92 Å². The van der Waals surface area contributed by atoms with Crippen LogP contribution in [-0.4, -0.2) is 65.6 Å². The highest BCUT2D eigenvalue weighted by Crippen LogP contribution is 2.35. The highest BCUT2D eigenvalue weighted by atomic mass is 19.1. The molecule has 0 aliphatic carbocycles. The maximum atomic E-state index is 13.8. The van der Waals surface area contributed by atoms with E-state index in [4.69, 9.17) is 14.8 Å². The topological polar surface area (TPSA) is 108 Å². The summed E-state index contributed by atoms with van der Waals surface area (Å²) in [7, 11) is 0. The summed E-state index contributed by atoms with van der Waals surface area (Å²) in [4.78, 5) is 39.6. The van der Waals surface area contributed by atoms with Gasteiger partial charge in [-0.3, -0.25) is 4.79 Å². The normalized spacial score (nSPS) is 13.9. The molecule has 0 unspecified atom stereocenters. The SMILES string of the molecule is CCCOC(=O)N1CCC(n2cnc(-c3ccc(F)cc3)c2-c2ccc3nc(CC(=O)c4ccnc(F)c4)cn3n2)CC1. The Morgan fingerprint density at radius 3 is 2.56 bits per heavy atom. The summed E-state index contributed by atoms with van der Waals surface area (Å²) in [6.07, 6.45) is 6.53. The number of carbonyl (C=O) groups excluding carboxylic acids is 2. The van der Waals surface area contributed by atoms with Gasteiger partial charge in [0.25, 0.3) is 0 Å². The third-order valence-corrected chi connectivity index (χ3v) is 7.46. The summed E-state index contributed by atoms with van der Waals surface area (Å²) in [5.41, 5.74) is 3.99. The van der Waals surface area contributed by atoms with Crippen LogP contribution in [0.15, 0.2) is 67.3 Å². The van der Waals surface area contributed by atoms with E-state index in [1.165, 1.54) is 24.4 Å². The second kappa shape index (κ2) is 12.1. The van der Waals surface area contributed by atoms with Crippen molar-refractivity contribution >= 4 is 17.5 Å². The minimum absolute atomic E-state index is 0.0276. The molecule has 0 atom stereocenters. The standard InChI is InChI=1S/C31H29F2N7O3/c1-2-15-43-31(42)38-13-10-24(11-14-38)39-19-35-29(20-3-5-22(32)6-4-20)30(39)25-7-8-28-36-23(18-40(28)37-25)17-26(41)21-9-12-34-27(33)16-21/h3-9,12,16,18-19,24H,2,10-11,13-15,17H2,1H3. The predicted molar refractivity (Wildman–Crippen MR) is 153 cm³/mol. The number of imidazole rings is 2. The molecule has 220 valence electrons. The maximum Gasteiger partial charge on any atom is 0.409 e. The van der Waals surface area contributed by atoms with Crippen molar-refractivity contribution < 1.29 is 23.1 Å². The number of halogens is 2. The van der Waals surface area contributed by atoms with Gasteiger partial charge in [0.15, 0.2) is 11.4 Å². The Hall–Kier alpha value is -5.00. The molecule has 1 aromatic carbocycles. The van der Waals surface area contributed by atoms with Crippen molar-refractivity contribution in [2.75, 3.05) is 19.7 Å². The van der Waals surface area contributed by atoms with E-state index >= 15 is 0 Å². The Labute approximate surface area is 246 Å². The Kier molecular flexibility index (Phi) is 7.91. The molecule has 0 spiro atoms. The fraction of sp³-hybridized carbons (Fsp3) is 0.290. The molecule has 6 rings (SSSR count). The molecule has 1 saturated heterocycles. The Morgan fingerprint density at radius 1 is 1.02 bits per heavy atom. The number of nitrogens with zero attached hydrogens (tertiary/aromatic N) is 7. The van der Waals surface area contributed by atoms with Gasteiger partial charge < -0.3 is 14.2 Å². The van der Waals surface area contributed by atoms with Gasteiger partial charge in [-0.15, -0.1) is 0 Å². The summed E-state index contributed by atoms with van der Waals surface area (Å²) in [6, 6.07) is 12.4. The van der Waals surface area contributed by atoms with E-state index in [2.05, 4.69) is 14.5 Å². The van der Waals surface area contributed by atoms with Crippen molar-refractivity contribution in [2.45, 2.75) is 38.6 Å². The van der Waals surface area contributed by atoms with Crippen LogP contribution >= 0.6 is 0 Å². The molecule has 0 saturated carbocycles. The lowest BCUT2D eigenvalue weighted by Gasteiger charge is -2.32. The van der Waals surface area contributed by atoms with E-state index in [1.807, 2.05) is 13.0 Å². The van der Waals surface area contributed by atoms with E-state index < -0.39 is 5.95 Å². The van der Waals surface area contributed by atoms with Gasteiger partial charge in [-0.05, 0) is 61.7 Å². The first-order valence-electron chi connectivity index (χ1n) is 14.1. The Balaban J connectivity index is 1.31. The van der Waals surface area contributed by atoms with Crippen LogP contribution in [0.4, 0.5) is 13.6 Å².